The van der Waals surface area contributed by atoms with Gasteiger partial charge in [0.25, 0.3) is 0 Å². The van der Waals surface area contributed by atoms with Crippen molar-refractivity contribution in [1.29, 1.82) is 0 Å². The molecule has 0 aromatic heterocycles. The van der Waals surface area contributed by atoms with Crippen molar-refractivity contribution in [3.05, 3.63) is 0 Å². The van der Waals surface area contributed by atoms with Gasteiger partial charge in [0.2, 0.25) is 11.8 Å². The van der Waals surface area contributed by atoms with Gasteiger partial charge in [0, 0.05) is 31.0 Å². The highest BCUT2D eigenvalue weighted by Crippen LogP contribution is 2.10. The Morgan fingerprint density at radius 1 is 1.42 bits per heavy atom. The zero-order valence-corrected chi connectivity index (χ0v) is 12.0. The lowest BCUT2D eigenvalue weighted by molar-refractivity contribution is -0.124. The van der Waals surface area contributed by atoms with E-state index in [0.717, 1.165) is 0 Å². The van der Waals surface area contributed by atoms with E-state index in [9.17, 15) is 18.0 Å². The van der Waals surface area contributed by atoms with Crippen LogP contribution in [0.25, 0.3) is 0 Å². The molecule has 1 saturated heterocycles. The van der Waals surface area contributed by atoms with Gasteiger partial charge in [-0.2, -0.15) is 0 Å². The van der Waals surface area contributed by atoms with Gasteiger partial charge in [-0.1, -0.05) is 0 Å². The maximum absolute atomic E-state index is 11.8. The molecule has 1 aliphatic heterocycles. The lowest BCUT2D eigenvalue weighted by Crippen LogP contribution is -2.51. The number of hydrogen-bond donors (Lipinski definition) is 3. The van der Waals surface area contributed by atoms with Crippen LogP contribution < -0.4 is 16.4 Å². The van der Waals surface area contributed by atoms with Crippen molar-refractivity contribution in [3.8, 4) is 0 Å². The summed E-state index contributed by atoms with van der Waals surface area (Å²) in [5.74, 6) is -0.709. The Kier molecular flexibility index (Phi) is 4.92. The molecule has 0 spiro atoms. The van der Waals surface area contributed by atoms with Crippen molar-refractivity contribution in [3.63, 3.8) is 0 Å². The molecule has 1 unspecified atom stereocenters. The molecule has 1 atom stereocenters. The van der Waals surface area contributed by atoms with Gasteiger partial charge in [-0.05, 0) is 13.8 Å². The number of sulfone groups is 1. The molecule has 4 N–H and O–H groups in total. The Morgan fingerprint density at radius 2 is 2.05 bits per heavy atom. The highest BCUT2D eigenvalue weighted by Gasteiger charge is 2.28. The van der Waals surface area contributed by atoms with Crippen LogP contribution in [-0.2, 0) is 19.4 Å². The van der Waals surface area contributed by atoms with Crippen LogP contribution in [0.4, 0.5) is 0 Å². The maximum Gasteiger partial charge on any atom is 0.222 e. The van der Waals surface area contributed by atoms with Crippen molar-refractivity contribution >= 4 is 21.7 Å². The molecule has 0 aliphatic carbocycles. The third-order valence-corrected chi connectivity index (χ3v) is 4.56. The summed E-state index contributed by atoms with van der Waals surface area (Å²) < 4.78 is 22.9. The van der Waals surface area contributed by atoms with E-state index >= 15 is 0 Å². The summed E-state index contributed by atoms with van der Waals surface area (Å²) in [5, 5.41) is 5.69. The zero-order chi connectivity index (χ0) is 14.7. The summed E-state index contributed by atoms with van der Waals surface area (Å²) in [6.07, 6.45) is 0.108. The largest absolute Gasteiger partial charge is 0.370 e. The van der Waals surface area contributed by atoms with E-state index in [4.69, 9.17) is 5.73 Å². The molecular weight excluding hydrogens is 270 g/mol. The molecule has 1 heterocycles. The summed E-state index contributed by atoms with van der Waals surface area (Å²) in [4.78, 5) is 22.7. The second-order valence-electron chi connectivity index (χ2n) is 5.54. The fourth-order valence-corrected chi connectivity index (χ4v) is 3.57. The van der Waals surface area contributed by atoms with E-state index in [2.05, 4.69) is 10.6 Å². The average molecular weight is 291 g/mol. The summed E-state index contributed by atoms with van der Waals surface area (Å²) in [5.41, 5.74) is 4.37. The number of hydrogen-bond acceptors (Lipinski definition) is 5. The molecule has 1 fully saturated rings. The molecule has 8 heteroatoms. The highest BCUT2D eigenvalue weighted by molar-refractivity contribution is 7.91. The SMILES string of the molecule is CC(C)(CC(N)=O)NC(=O)CC1CS(=O)(=O)CCN1. The summed E-state index contributed by atoms with van der Waals surface area (Å²) in [7, 11) is -3.06. The molecule has 7 nitrogen and oxygen atoms in total. The molecule has 2 amide bonds. The Bertz CT molecular complexity index is 459. The average Bonchev–Trinajstić information content (AvgIpc) is 2.11. The molecule has 1 rings (SSSR count). The third kappa shape index (κ3) is 6.02. The normalized spacial score (nSPS) is 22.7. The van der Waals surface area contributed by atoms with Crippen molar-refractivity contribution in [1.82, 2.24) is 10.6 Å². The Balaban J connectivity index is 2.49. The first kappa shape index (κ1) is 15.9. The van der Waals surface area contributed by atoms with Crippen LogP contribution in [0.1, 0.15) is 26.7 Å². The van der Waals surface area contributed by atoms with Crippen LogP contribution in [0.2, 0.25) is 0 Å². The predicted octanol–water partition coefficient (Wildman–Crippen LogP) is -1.47. The van der Waals surface area contributed by atoms with Crippen molar-refractivity contribution < 1.29 is 18.0 Å². The van der Waals surface area contributed by atoms with Crippen LogP contribution in [0.15, 0.2) is 0 Å². The number of rotatable bonds is 5. The molecule has 0 saturated carbocycles. The summed E-state index contributed by atoms with van der Waals surface area (Å²) in [6.45, 7) is 3.76. The first-order valence-electron chi connectivity index (χ1n) is 6.13. The minimum atomic E-state index is -3.06. The van der Waals surface area contributed by atoms with Gasteiger partial charge in [-0.3, -0.25) is 9.59 Å². The third-order valence-electron chi connectivity index (χ3n) is 2.83. The van der Waals surface area contributed by atoms with Gasteiger partial charge in [0.15, 0.2) is 9.84 Å². The van der Waals surface area contributed by atoms with Crippen LogP contribution in [-0.4, -0.2) is 49.9 Å². The molecule has 110 valence electrons. The first-order valence-corrected chi connectivity index (χ1v) is 7.95. The maximum atomic E-state index is 11.8. The van der Waals surface area contributed by atoms with E-state index in [1.807, 2.05) is 0 Å². The number of nitrogens with two attached hydrogens (primary N) is 1. The second-order valence-corrected chi connectivity index (χ2v) is 7.77. The Labute approximate surface area is 113 Å². The van der Waals surface area contributed by atoms with Crippen LogP contribution >= 0.6 is 0 Å². The molecule has 19 heavy (non-hydrogen) atoms. The predicted molar refractivity (Wildman–Crippen MR) is 71.1 cm³/mol. The number of primary amides is 1. The zero-order valence-electron chi connectivity index (χ0n) is 11.2. The monoisotopic (exact) mass is 291 g/mol. The first-order chi connectivity index (χ1) is 8.60. The van der Waals surface area contributed by atoms with Gasteiger partial charge in [-0.25, -0.2) is 8.42 Å². The van der Waals surface area contributed by atoms with Crippen LogP contribution in [0.5, 0.6) is 0 Å². The molecule has 0 aromatic rings. The van der Waals surface area contributed by atoms with Crippen molar-refractivity contribution in [2.75, 3.05) is 18.1 Å². The summed E-state index contributed by atoms with van der Waals surface area (Å²) >= 11 is 0. The van der Waals surface area contributed by atoms with E-state index in [1.54, 1.807) is 13.8 Å². The van der Waals surface area contributed by atoms with Gasteiger partial charge >= 0.3 is 0 Å². The van der Waals surface area contributed by atoms with Gasteiger partial charge in [0.05, 0.1) is 11.5 Å². The van der Waals surface area contributed by atoms with E-state index < -0.39 is 21.3 Å². The minimum Gasteiger partial charge on any atom is -0.370 e. The fourth-order valence-electron chi connectivity index (χ4n) is 2.13. The lowest BCUT2D eigenvalue weighted by Gasteiger charge is -2.27. The number of carbonyl (C=O) groups excluding carboxylic acids is 2. The van der Waals surface area contributed by atoms with E-state index in [-0.39, 0.29) is 36.3 Å². The fraction of sp³-hybridized carbons (Fsp3) is 0.818. The van der Waals surface area contributed by atoms with Crippen molar-refractivity contribution in [2.24, 2.45) is 5.73 Å². The molecule has 0 bridgehead atoms. The lowest BCUT2D eigenvalue weighted by atomic mass is 10.00. The minimum absolute atomic E-state index is 0.0311. The summed E-state index contributed by atoms with van der Waals surface area (Å²) in [6, 6.07) is -0.372. The molecule has 1 aliphatic rings. The smallest absolute Gasteiger partial charge is 0.222 e. The molecule has 0 aromatic carbocycles. The quantitative estimate of drug-likeness (QED) is 0.571. The van der Waals surface area contributed by atoms with Gasteiger partial charge < -0.3 is 16.4 Å². The van der Waals surface area contributed by atoms with Gasteiger partial charge in [-0.15, -0.1) is 0 Å². The second kappa shape index (κ2) is 5.87. The standard InChI is InChI=1S/C11H21N3O4S/c1-11(2,6-9(12)15)14-10(16)5-8-7-19(17,18)4-3-13-8/h8,13H,3-7H2,1-2H3,(H2,12,15)(H,14,16). The van der Waals surface area contributed by atoms with E-state index in [1.165, 1.54) is 0 Å². The number of amides is 2. The number of nitrogens with one attached hydrogen (secondary N) is 2. The highest BCUT2D eigenvalue weighted by atomic mass is 32.2. The topological polar surface area (TPSA) is 118 Å². The number of carbonyl (C=O) groups is 2. The molecular formula is C11H21N3O4S. The molecule has 0 radical (unpaired) electrons. The Hall–Kier alpha value is -1.15. The Morgan fingerprint density at radius 3 is 2.58 bits per heavy atom. The van der Waals surface area contributed by atoms with E-state index in [0.29, 0.717) is 6.54 Å². The van der Waals surface area contributed by atoms with Crippen molar-refractivity contribution in [2.45, 2.75) is 38.3 Å². The van der Waals surface area contributed by atoms with Gasteiger partial charge in [0.1, 0.15) is 0 Å². The van der Waals surface area contributed by atoms with Crippen LogP contribution in [0, 0.1) is 0 Å². The van der Waals surface area contributed by atoms with Crippen LogP contribution in [0.3, 0.4) is 0 Å².